The van der Waals surface area contributed by atoms with Crippen LogP contribution in [0.5, 0.6) is 0 Å². The van der Waals surface area contributed by atoms with E-state index >= 15 is 0 Å². The second-order valence-electron chi connectivity index (χ2n) is 7.42. The van der Waals surface area contributed by atoms with Crippen LogP contribution >= 0.6 is 11.3 Å². The molecule has 4 rings (SSSR count). The third-order valence-corrected chi connectivity index (χ3v) is 6.74. The lowest BCUT2D eigenvalue weighted by molar-refractivity contribution is 0.0769. The zero-order valence-corrected chi connectivity index (χ0v) is 15.7. The van der Waals surface area contributed by atoms with E-state index in [1.165, 1.54) is 24.1 Å². The van der Waals surface area contributed by atoms with Gasteiger partial charge in [-0.1, -0.05) is 17.6 Å². The number of rotatable bonds is 4. The van der Waals surface area contributed by atoms with Gasteiger partial charge < -0.3 is 9.42 Å². The largest absolute Gasteiger partial charge is 0.361 e. The highest BCUT2D eigenvalue weighted by Gasteiger charge is 2.43. The third kappa shape index (κ3) is 3.25. The minimum Gasteiger partial charge on any atom is -0.361 e. The van der Waals surface area contributed by atoms with Gasteiger partial charge in [0.25, 0.3) is 5.91 Å². The van der Waals surface area contributed by atoms with Gasteiger partial charge in [0.15, 0.2) is 0 Å². The van der Waals surface area contributed by atoms with E-state index in [-0.39, 0.29) is 5.91 Å². The van der Waals surface area contributed by atoms with Crippen molar-refractivity contribution < 1.29 is 9.32 Å². The molecule has 0 aromatic carbocycles. The monoisotopic (exact) mass is 359 g/mol. The van der Waals surface area contributed by atoms with E-state index < -0.39 is 0 Å². The van der Waals surface area contributed by atoms with Gasteiger partial charge >= 0.3 is 0 Å². The number of carbonyl (C=O) groups excluding carboxylic acids is 1. The molecule has 0 spiro atoms. The summed E-state index contributed by atoms with van der Waals surface area (Å²) in [5.74, 6) is 1.88. The van der Waals surface area contributed by atoms with E-state index in [4.69, 9.17) is 4.52 Å². The SMILES string of the molecule is Cc1oncc1C(=O)N1C[C@H]2CCC[C@H](N(C)Cc3cccs3)[C@H]2C1. The molecule has 1 amide bonds. The maximum absolute atomic E-state index is 12.8. The summed E-state index contributed by atoms with van der Waals surface area (Å²) in [7, 11) is 2.24. The van der Waals surface area contributed by atoms with Crippen LogP contribution in [0.15, 0.2) is 28.2 Å². The zero-order valence-electron chi connectivity index (χ0n) is 14.9. The molecule has 2 aliphatic rings. The maximum atomic E-state index is 12.8. The standard InChI is InChI=1S/C19H25N3O2S/c1-13-16(9-20-24-13)19(23)22-10-14-5-3-7-18(17(14)12-22)21(2)11-15-6-4-8-25-15/h4,6,8-9,14,17-18H,3,5,7,10-12H2,1-2H3/t14-,17+,18+/m1/s1. The summed E-state index contributed by atoms with van der Waals surface area (Å²) in [4.78, 5) is 18.8. The Morgan fingerprint density at radius 1 is 1.44 bits per heavy atom. The smallest absolute Gasteiger partial charge is 0.259 e. The first-order chi connectivity index (χ1) is 12.1. The highest BCUT2D eigenvalue weighted by Crippen LogP contribution is 2.39. The van der Waals surface area contributed by atoms with Crippen LogP contribution in [-0.2, 0) is 6.54 Å². The molecule has 1 aliphatic heterocycles. The fourth-order valence-electron chi connectivity index (χ4n) is 4.59. The highest BCUT2D eigenvalue weighted by molar-refractivity contribution is 7.09. The quantitative estimate of drug-likeness (QED) is 0.839. The number of likely N-dealkylation sites (tertiary alicyclic amines) is 1. The van der Waals surface area contributed by atoms with E-state index in [9.17, 15) is 4.79 Å². The van der Waals surface area contributed by atoms with Gasteiger partial charge in [-0.2, -0.15) is 0 Å². The summed E-state index contributed by atoms with van der Waals surface area (Å²) in [5, 5.41) is 5.90. The minimum atomic E-state index is 0.0767. The van der Waals surface area contributed by atoms with Crippen molar-refractivity contribution in [3.8, 4) is 0 Å². The molecule has 2 aromatic rings. The van der Waals surface area contributed by atoms with Gasteiger partial charge in [0, 0.05) is 30.6 Å². The van der Waals surface area contributed by atoms with Gasteiger partial charge in [0.05, 0.1) is 6.20 Å². The van der Waals surface area contributed by atoms with Crippen molar-refractivity contribution in [3.05, 3.63) is 39.9 Å². The predicted octanol–water partition coefficient (Wildman–Crippen LogP) is 3.42. The normalized spacial score (nSPS) is 26.2. The first kappa shape index (κ1) is 16.8. The lowest BCUT2D eigenvalue weighted by atomic mass is 9.77. The van der Waals surface area contributed by atoms with Gasteiger partial charge in [-0.05, 0) is 50.1 Å². The molecule has 25 heavy (non-hydrogen) atoms. The molecule has 1 saturated heterocycles. The molecule has 2 aromatic heterocycles. The minimum absolute atomic E-state index is 0.0767. The van der Waals surface area contributed by atoms with Crippen molar-refractivity contribution in [2.45, 2.75) is 38.8 Å². The first-order valence-corrected chi connectivity index (χ1v) is 9.94. The van der Waals surface area contributed by atoms with E-state index in [0.717, 1.165) is 19.6 Å². The van der Waals surface area contributed by atoms with E-state index in [1.54, 1.807) is 13.1 Å². The Balaban J connectivity index is 1.46. The van der Waals surface area contributed by atoms with Crippen LogP contribution in [-0.4, -0.2) is 47.0 Å². The van der Waals surface area contributed by atoms with Crippen LogP contribution in [0.1, 0.15) is 40.3 Å². The molecule has 5 nitrogen and oxygen atoms in total. The molecular formula is C19H25N3O2S. The van der Waals surface area contributed by atoms with E-state index in [1.807, 2.05) is 16.2 Å². The van der Waals surface area contributed by atoms with Crippen LogP contribution in [0.3, 0.4) is 0 Å². The molecule has 0 unspecified atom stereocenters. The van der Waals surface area contributed by atoms with Gasteiger partial charge in [0.1, 0.15) is 11.3 Å². The van der Waals surface area contributed by atoms with E-state index in [2.05, 4.69) is 34.6 Å². The molecule has 2 fully saturated rings. The average Bonchev–Trinajstić information content (AvgIpc) is 3.33. The lowest BCUT2D eigenvalue weighted by Crippen LogP contribution is -2.43. The summed E-state index contributed by atoms with van der Waals surface area (Å²) < 4.78 is 5.08. The summed E-state index contributed by atoms with van der Waals surface area (Å²) in [6.45, 7) is 4.54. The van der Waals surface area contributed by atoms with Crippen molar-refractivity contribution in [1.82, 2.24) is 15.0 Å². The topological polar surface area (TPSA) is 49.6 Å². The zero-order chi connectivity index (χ0) is 17.4. The van der Waals surface area contributed by atoms with Crippen LogP contribution in [0, 0.1) is 18.8 Å². The second-order valence-corrected chi connectivity index (χ2v) is 8.45. The summed E-state index contributed by atoms with van der Waals surface area (Å²) in [5.41, 5.74) is 0.613. The number of amides is 1. The molecular weight excluding hydrogens is 334 g/mol. The Hall–Kier alpha value is -1.66. The van der Waals surface area contributed by atoms with Crippen molar-refractivity contribution >= 4 is 17.2 Å². The Labute approximate surface area is 152 Å². The van der Waals surface area contributed by atoms with Crippen molar-refractivity contribution in [1.29, 1.82) is 0 Å². The van der Waals surface area contributed by atoms with E-state index in [0.29, 0.717) is 29.2 Å². The lowest BCUT2D eigenvalue weighted by Gasteiger charge is -2.38. The fraction of sp³-hybridized carbons (Fsp3) is 0.579. The van der Waals surface area contributed by atoms with Crippen molar-refractivity contribution in [2.24, 2.45) is 11.8 Å². The van der Waals surface area contributed by atoms with Crippen LogP contribution < -0.4 is 0 Å². The third-order valence-electron chi connectivity index (χ3n) is 5.88. The van der Waals surface area contributed by atoms with Crippen molar-refractivity contribution in [3.63, 3.8) is 0 Å². The number of fused-ring (bicyclic) bond motifs is 1. The maximum Gasteiger partial charge on any atom is 0.259 e. The first-order valence-electron chi connectivity index (χ1n) is 9.06. The molecule has 134 valence electrons. The number of hydrogen-bond acceptors (Lipinski definition) is 5. The van der Waals surface area contributed by atoms with Crippen LogP contribution in [0.2, 0.25) is 0 Å². The molecule has 3 heterocycles. The van der Waals surface area contributed by atoms with Gasteiger partial charge in [0.2, 0.25) is 0 Å². The number of aromatic nitrogens is 1. The Morgan fingerprint density at radius 2 is 2.32 bits per heavy atom. The molecule has 0 bridgehead atoms. The van der Waals surface area contributed by atoms with Crippen LogP contribution in [0.4, 0.5) is 0 Å². The average molecular weight is 359 g/mol. The Morgan fingerprint density at radius 3 is 3.04 bits per heavy atom. The van der Waals surface area contributed by atoms with Crippen LogP contribution in [0.25, 0.3) is 0 Å². The van der Waals surface area contributed by atoms with Gasteiger partial charge in [-0.15, -0.1) is 11.3 Å². The Kier molecular flexibility index (Phi) is 4.65. The number of aryl methyl sites for hydroxylation is 1. The van der Waals surface area contributed by atoms with Crippen molar-refractivity contribution in [2.75, 3.05) is 20.1 Å². The molecule has 0 radical (unpaired) electrons. The molecule has 3 atom stereocenters. The van der Waals surface area contributed by atoms with Gasteiger partial charge in [-0.25, -0.2) is 0 Å². The highest BCUT2D eigenvalue weighted by atomic mass is 32.1. The molecule has 0 N–H and O–H groups in total. The second kappa shape index (κ2) is 6.92. The number of carbonyl (C=O) groups is 1. The molecule has 1 aliphatic carbocycles. The number of nitrogens with zero attached hydrogens (tertiary/aromatic N) is 3. The number of thiophene rings is 1. The summed E-state index contributed by atoms with van der Waals surface area (Å²) >= 11 is 1.82. The van der Waals surface area contributed by atoms with Gasteiger partial charge in [-0.3, -0.25) is 9.69 Å². The fourth-order valence-corrected chi connectivity index (χ4v) is 5.36. The summed E-state index contributed by atoms with van der Waals surface area (Å²) in [6.07, 6.45) is 5.28. The predicted molar refractivity (Wildman–Crippen MR) is 97.5 cm³/mol. The number of hydrogen-bond donors (Lipinski definition) is 0. The Bertz CT molecular complexity index is 727. The summed E-state index contributed by atoms with van der Waals surface area (Å²) in [6, 6.07) is 4.89. The molecule has 6 heteroatoms. The molecule has 1 saturated carbocycles.